The molecule has 0 saturated heterocycles. The molecule has 3 nitrogen and oxygen atoms in total. The number of aromatic hydroxyl groups is 1. The van der Waals surface area contributed by atoms with Crippen molar-refractivity contribution < 1.29 is 15.3 Å². The molecule has 1 fully saturated rings. The standard InChI is InChI=1S/C24H40O3/c1-4-5-6-7-14-24(2,3)19-11-13-21(23(27)16-19)22-17-20(26)12-10-18(22)9-8-15-25/h11,13,16,18,20,22,25-27H,4-10,12,14-15,17H2,1-3H3/t18-,20-,22?/m1/s1. The Kier molecular flexibility index (Phi) is 8.62. The number of unbranched alkanes of at least 4 members (excludes halogenated alkanes) is 3. The first-order chi connectivity index (χ1) is 12.9. The molecule has 0 aliphatic heterocycles. The van der Waals surface area contributed by atoms with E-state index in [0.717, 1.165) is 37.7 Å². The largest absolute Gasteiger partial charge is 0.508 e. The number of hydrogen-bond acceptors (Lipinski definition) is 3. The molecule has 0 bridgehead atoms. The highest BCUT2D eigenvalue weighted by molar-refractivity contribution is 5.42. The van der Waals surface area contributed by atoms with E-state index in [2.05, 4.69) is 32.9 Å². The third-order valence-electron chi connectivity index (χ3n) is 6.57. The average molecular weight is 377 g/mol. The maximum absolute atomic E-state index is 10.8. The van der Waals surface area contributed by atoms with Crippen molar-refractivity contribution in [2.75, 3.05) is 6.61 Å². The second-order valence-electron chi connectivity index (χ2n) is 9.17. The maximum atomic E-state index is 10.8. The van der Waals surface area contributed by atoms with E-state index in [1.54, 1.807) is 0 Å². The summed E-state index contributed by atoms with van der Waals surface area (Å²) >= 11 is 0. The molecule has 27 heavy (non-hydrogen) atoms. The molecule has 1 aliphatic carbocycles. The number of hydrogen-bond donors (Lipinski definition) is 3. The number of phenols is 1. The first kappa shape index (κ1) is 22.2. The van der Waals surface area contributed by atoms with E-state index in [1.807, 2.05) is 6.07 Å². The molecule has 0 spiro atoms. The zero-order valence-corrected chi connectivity index (χ0v) is 17.6. The molecule has 0 heterocycles. The van der Waals surface area contributed by atoms with Gasteiger partial charge in [-0.3, -0.25) is 0 Å². The van der Waals surface area contributed by atoms with Crippen LogP contribution in [0.1, 0.15) is 102 Å². The van der Waals surface area contributed by atoms with Gasteiger partial charge in [0.05, 0.1) is 6.10 Å². The van der Waals surface area contributed by atoms with Crippen molar-refractivity contribution in [3.05, 3.63) is 29.3 Å². The number of benzene rings is 1. The Morgan fingerprint density at radius 1 is 1.07 bits per heavy atom. The minimum Gasteiger partial charge on any atom is -0.508 e. The van der Waals surface area contributed by atoms with Crippen LogP contribution in [0.4, 0.5) is 0 Å². The number of aliphatic hydroxyl groups excluding tert-OH is 2. The Balaban J connectivity index is 2.13. The lowest BCUT2D eigenvalue weighted by Gasteiger charge is -2.35. The maximum Gasteiger partial charge on any atom is 0.119 e. The van der Waals surface area contributed by atoms with Gasteiger partial charge >= 0.3 is 0 Å². The fraction of sp³-hybridized carbons (Fsp3) is 0.750. The lowest BCUT2D eigenvalue weighted by Crippen LogP contribution is -2.27. The van der Waals surface area contributed by atoms with Crippen molar-refractivity contribution in [1.82, 2.24) is 0 Å². The molecular formula is C24H40O3. The van der Waals surface area contributed by atoms with Gasteiger partial charge in [-0.05, 0) is 73.0 Å². The molecule has 1 saturated carbocycles. The first-order valence-electron chi connectivity index (χ1n) is 11.0. The lowest BCUT2D eigenvalue weighted by atomic mass is 9.71. The minimum absolute atomic E-state index is 0.0616. The molecule has 3 heteroatoms. The summed E-state index contributed by atoms with van der Waals surface area (Å²) in [5.74, 6) is 0.989. The summed E-state index contributed by atoms with van der Waals surface area (Å²) in [6, 6.07) is 6.23. The number of rotatable bonds is 10. The van der Waals surface area contributed by atoms with Crippen LogP contribution in [0.15, 0.2) is 18.2 Å². The summed E-state index contributed by atoms with van der Waals surface area (Å²) in [5, 5.41) is 30.2. The molecule has 1 aromatic carbocycles. The van der Waals surface area contributed by atoms with E-state index < -0.39 is 0 Å². The molecule has 1 unspecified atom stereocenters. The van der Waals surface area contributed by atoms with Gasteiger partial charge in [-0.2, -0.15) is 0 Å². The van der Waals surface area contributed by atoms with Crippen LogP contribution in [0.3, 0.4) is 0 Å². The lowest BCUT2D eigenvalue weighted by molar-refractivity contribution is 0.0879. The zero-order valence-electron chi connectivity index (χ0n) is 17.6. The topological polar surface area (TPSA) is 60.7 Å². The molecule has 1 aromatic rings. The van der Waals surface area contributed by atoms with Crippen molar-refractivity contribution in [2.45, 2.75) is 102 Å². The highest BCUT2D eigenvalue weighted by atomic mass is 16.3. The molecule has 0 aromatic heterocycles. The molecule has 3 N–H and O–H groups in total. The molecule has 1 aliphatic rings. The highest BCUT2D eigenvalue weighted by Crippen LogP contribution is 2.44. The Labute approximate surface area is 165 Å². The number of phenolic OH excluding ortho intramolecular Hbond substituents is 1. The first-order valence-corrected chi connectivity index (χ1v) is 11.0. The second kappa shape index (κ2) is 10.5. The summed E-state index contributed by atoms with van der Waals surface area (Å²) in [6.45, 7) is 6.98. The normalized spacial score (nSPS) is 23.5. The zero-order chi connectivity index (χ0) is 19.9. The van der Waals surface area contributed by atoms with Gasteiger partial charge < -0.3 is 15.3 Å². The van der Waals surface area contributed by atoms with Gasteiger partial charge in [0.15, 0.2) is 0 Å². The van der Waals surface area contributed by atoms with Crippen LogP contribution >= 0.6 is 0 Å². The van der Waals surface area contributed by atoms with Gasteiger partial charge in [0.1, 0.15) is 5.75 Å². The summed E-state index contributed by atoms with van der Waals surface area (Å²) in [6.07, 6.45) is 10.1. The van der Waals surface area contributed by atoms with Gasteiger partial charge in [-0.15, -0.1) is 0 Å². The van der Waals surface area contributed by atoms with Gasteiger partial charge in [-0.25, -0.2) is 0 Å². The monoisotopic (exact) mass is 376 g/mol. The fourth-order valence-corrected chi connectivity index (χ4v) is 4.71. The van der Waals surface area contributed by atoms with Crippen LogP contribution in [0.5, 0.6) is 5.75 Å². The summed E-state index contributed by atoms with van der Waals surface area (Å²) < 4.78 is 0. The quantitative estimate of drug-likeness (QED) is 0.462. The second-order valence-corrected chi connectivity index (χ2v) is 9.17. The van der Waals surface area contributed by atoms with Gasteiger partial charge in [0.25, 0.3) is 0 Å². The molecular weight excluding hydrogens is 336 g/mol. The number of aliphatic hydroxyl groups is 2. The van der Waals surface area contributed by atoms with E-state index in [0.29, 0.717) is 18.1 Å². The third kappa shape index (κ3) is 6.22. The smallest absolute Gasteiger partial charge is 0.119 e. The van der Waals surface area contributed by atoms with Gasteiger partial charge in [-0.1, -0.05) is 58.6 Å². The van der Waals surface area contributed by atoms with Crippen molar-refractivity contribution >= 4 is 0 Å². The summed E-state index contributed by atoms with van der Waals surface area (Å²) in [7, 11) is 0. The van der Waals surface area contributed by atoms with Gasteiger partial charge in [0, 0.05) is 6.61 Å². The van der Waals surface area contributed by atoms with E-state index >= 15 is 0 Å². The van der Waals surface area contributed by atoms with Crippen LogP contribution in [0, 0.1) is 5.92 Å². The molecule has 0 amide bonds. The van der Waals surface area contributed by atoms with Gasteiger partial charge in [0.2, 0.25) is 0 Å². The van der Waals surface area contributed by atoms with Crippen molar-refractivity contribution in [3.8, 4) is 5.75 Å². The Morgan fingerprint density at radius 3 is 2.52 bits per heavy atom. The predicted octanol–water partition coefficient (Wildman–Crippen LogP) is 5.66. The van der Waals surface area contributed by atoms with Crippen LogP contribution in [0.25, 0.3) is 0 Å². The van der Waals surface area contributed by atoms with Crippen molar-refractivity contribution in [2.24, 2.45) is 5.92 Å². The van der Waals surface area contributed by atoms with E-state index in [-0.39, 0.29) is 24.0 Å². The summed E-state index contributed by atoms with van der Waals surface area (Å²) in [5.41, 5.74) is 2.23. The van der Waals surface area contributed by atoms with Crippen LogP contribution < -0.4 is 0 Å². The van der Waals surface area contributed by atoms with Crippen molar-refractivity contribution in [3.63, 3.8) is 0 Å². The van der Waals surface area contributed by atoms with Crippen LogP contribution in [-0.4, -0.2) is 28.0 Å². The van der Waals surface area contributed by atoms with Crippen LogP contribution in [0.2, 0.25) is 0 Å². The minimum atomic E-state index is -0.283. The Morgan fingerprint density at radius 2 is 1.85 bits per heavy atom. The molecule has 3 atom stereocenters. The van der Waals surface area contributed by atoms with E-state index in [4.69, 9.17) is 0 Å². The Hall–Kier alpha value is -1.06. The SMILES string of the molecule is CCCCCCC(C)(C)c1ccc(C2C[C@H](O)CC[C@H]2CCCO)c(O)c1. The van der Waals surface area contributed by atoms with E-state index in [1.165, 1.54) is 31.2 Å². The third-order valence-corrected chi connectivity index (χ3v) is 6.57. The van der Waals surface area contributed by atoms with E-state index in [9.17, 15) is 15.3 Å². The molecule has 154 valence electrons. The Bertz CT molecular complexity index is 565. The average Bonchev–Trinajstić information content (AvgIpc) is 2.64. The highest BCUT2D eigenvalue weighted by Gasteiger charge is 2.32. The molecule has 0 radical (unpaired) electrons. The van der Waals surface area contributed by atoms with Crippen LogP contribution in [-0.2, 0) is 5.41 Å². The van der Waals surface area contributed by atoms with Crippen molar-refractivity contribution in [1.29, 1.82) is 0 Å². The fourth-order valence-electron chi connectivity index (χ4n) is 4.71. The predicted molar refractivity (Wildman–Crippen MR) is 112 cm³/mol. The summed E-state index contributed by atoms with van der Waals surface area (Å²) in [4.78, 5) is 0. The molecule has 2 rings (SSSR count).